The van der Waals surface area contributed by atoms with Crippen LogP contribution in [0.5, 0.6) is 5.75 Å². The van der Waals surface area contributed by atoms with E-state index in [0.717, 1.165) is 32.1 Å². The lowest BCUT2D eigenvalue weighted by Gasteiger charge is -2.32. The van der Waals surface area contributed by atoms with Gasteiger partial charge in [-0.15, -0.1) is 0 Å². The van der Waals surface area contributed by atoms with E-state index in [2.05, 4.69) is 17.4 Å². The number of carbonyl (C=O) groups excluding carboxylic acids is 2. The predicted octanol–water partition coefficient (Wildman–Crippen LogP) is 4.33. The van der Waals surface area contributed by atoms with Crippen molar-refractivity contribution in [3.05, 3.63) is 65.7 Å². The summed E-state index contributed by atoms with van der Waals surface area (Å²) < 4.78 is 5.81. The summed E-state index contributed by atoms with van der Waals surface area (Å²) in [5, 5.41) is 3.27. The molecule has 2 aromatic carbocycles. The lowest BCUT2D eigenvalue weighted by Crippen LogP contribution is -2.52. The molecule has 1 atom stereocenters. The van der Waals surface area contributed by atoms with Gasteiger partial charge in [-0.1, -0.05) is 55.3 Å². The van der Waals surface area contributed by atoms with E-state index >= 15 is 0 Å². The van der Waals surface area contributed by atoms with Crippen molar-refractivity contribution >= 4 is 11.7 Å². The first kappa shape index (κ1) is 19.2. The first-order chi connectivity index (χ1) is 13.0. The molecule has 0 aliphatic heterocycles. The average molecular weight is 365 g/mol. The zero-order valence-electron chi connectivity index (χ0n) is 16.0. The molecule has 2 aromatic rings. The van der Waals surface area contributed by atoms with E-state index in [1.807, 2.05) is 18.2 Å². The molecular weight excluding hydrogens is 338 g/mol. The van der Waals surface area contributed by atoms with Crippen molar-refractivity contribution in [1.82, 2.24) is 5.32 Å². The molecule has 0 spiro atoms. The van der Waals surface area contributed by atoms with Crippen LogP contribution < -0.4 is 10.1 Å². The van der Waals surface area contributed by atoms with Crippen LogP contribution in [0.15, 0.2) is 54.6 Å². The van der Waals surface area contributed by atoms with E-state index in [9.17, 15) is 9.59 Å². The van der Waals surface area contributed by atoms with Gasteiger partial charge in [0.15, 0.2) is 11.9 Å². The third kappa shape index (κ3) is 4.97. The summed E-state index contributed by atoms with van der Waals surface area (Å²) in [6.07, 6.45) is 4.44. The highest BCUT2D eigenvalue weighted by Crippen LogP contribution is 2.33. The highest BCUT2D eigenvalue weighted by Gasteiger charge is 2.36. The van der Waals surface area contributed by atoms with Crippen LogP contribution in [0.4, 0.5) is 0 Å². The summed E-state index contributed by atoms with van der Waals surface area (Å²) in [5.74, 6) is 0.403. The third-order valence-electron chi connectivity index (χ3n) is 5.26. The number of ketones is 1. The molecule has 4 nitrogen and oxygen atoms in total. The maximum atomic E-state index is 12.8. The number of Topliss-reactive ketones (excluding diaryl/α,β-unsaturated/α-hetero) is 1. The van der Waals surface area contributed by atoms with Crippen LogP contribution in [-0.4, -0.2) is 23.3 Å². The first-order valence-corrected chi connectivity index (χ1v) is 9.61. The van der Waals surface area contributed by atoms with Crippen LogP contribution in [0.1, 0.15) is 55.5 Å². The molecule has 0 saturated heterocycles. The Morgan fingerprint density at radius 1 is 1.07 bits per heavy atom. The molecule has 1 saturated carbocycles. The molecule has 3 rings (SSSR count). The fourth-order valence-corrected chi connectivity index (χ4v) is 3.79. The second kappa shape index (κ2) is 8.38. The Morgan fingerprint density at radius 3 is 2.44 bits per heavy atom. The van der Waals surface area contributed by atoms with Crippen molar-refractivity contribution in [1.29, 1.82) is 0 Å². The van der Waals surface area contributed by atoms with Gasteiger partial charge in [-0.3, -0.25) is 9.59 Å². The van der Waals surface area contributed by atoms with Crippen LogP contribution in [-0.2, 0) is 11.2 Å². The molecule has 0 radical (unpaired) electrons. The first-order valence-electron chi connectivity index (χ1n) is 9.61. The average Bonchev–Trinajstić information content (AvgIpc) is 3.10. The van der Waals surface area contributed by atoms with Gasteiger partial charge in [0.05, 0.1) is 0 Å². The van der Waals surface area contributed by atoms with Crippen LogP contribution >= 0.6 is 0 Å². The van der Waals surface area contributed by atoms with Crippen LogP contribution in [0.25, 0.3) is 0 Å². The second-order valence-electron chi connectivity index (χ2n) is 7.48. The molecule has 0 aromatic heterocycles. The molecule has 1 aliphatic rings. The maximum absolute atomic E-state index is 12.8. The summed E-state index contributed by atoms with van der Waals surface area (Å²) in [6, 6.07) is 17.3. The molecule has 4 heteroatoms. The van der Waals surface area contributed by atoms with Gasteiger partial charge in [0, 0.05) is 11.1 Å². The Hall–Kier alpha value is -2.62. The standard InChI is InChI=1S/C23H27NO3/c1-17(25)20-11-8-12-21(15-20)27-18(2)22(26)24-23(13-6-7-14-23)16-19-9-4-3-5-10-19/h3-5,8-12,15,18H,6-7,13-14,16H2,1-2H3,(H,24,26)/t18-/m1/s1. The molecule has 0 unspecified atom stereocenters. The topological polar surface area (TPSA) is 55.4 Å². The fraction of sp³-hybridized carbons (Fsp3) is 0.391. The van der Waals surface area contributed by atoms with Gasteiger partial charge in [0.2, 0.25) is 0 Å². The quantitative estimate of drug-likeness (QED) is 0.743. The number of benzene rings is 2. The van der Waals surface area contributed by atoms with Gasteiger partial charge < -0.3 is 10.1 Å². The summed E-state index contributed by atoms with van der Waals surface area (Å²) in [7, 11) is 0. The van der Waals surface area contributed by atoms with Crippen LogP contribution in [0, 0.1) is 0 Å². The van der Waals surface area contributed by atoms with Gasteiger partial charge in [-0.2, -0.15) is 0 Å². The van der Waals surface area contributed by atoms with E-state index in [-0.39, 0.29) is 17.2 Å². The number of rotatable bonds is 7. The van der Waals surface area contributed by atoms with E-state index in [1.165, 1.54) is 12.5 Å². The number of amides is 1. The largest absolute Gasteiger partial charge is 0.481 e. The minimum atomic E-state index is -0.625. The molecule has 1 N–H and O–H groups in total. The number of hydrogen-bond acceptors (Lipinski definition) is 3. The lowest BCUT2D eigenvalue weighted by molar-refractivity contribution is -0.129. The normalized spacial score (nSPS) is 16.5. The summed E-state index contributed by atoms with van der Waals surface area (Å²) in [5.41, 5.74) is 1.62. The van der Waals surface area contributed by atoms with Crippen molar-refractivity contribution in [2.75, 3.05) is 0 Å². The number of nitrogens with one attached hydrogen (secondary N) is 1. The molecule has 1 amide bonds. The molecule has 0 heterocycles. The minimum absolute atomic E-state index is 0.0228. The number of carbonyl (C=O) groups is 2. The zero-order valence-corrected chi connectivity index (χ0v) is 16.0. The smallest absolute Gasteiger partial charge is 0.261 e. The van der Waals surface area contributed by atoms with E-state index in [0.29, 0.717) is 11.3 Å². The zero-order chi connectivity index (χ0) is 19.3. The number of hydrogen-bond donors (Lipinski definition) is 1. The highest BCUT2D eigenvalue weighted by atomic mass is 16.5. The SMILES string of the molecule is CC(=O)c1cccc(O[C@H](C)C(=O)NC2(Cc3ccccc3)CCCC2)c1. The Kier molecular flexibility index (Phi) is 5.94. The molecule has 1 fully saturated rings. The summed E-state index contributed by atoms with van der Waals surface area (Å²) in [6.45, 7) is 3.27. The van der Waals surface area contributed by atoms with Crippen LogP contribution in [0.3, 0.4) is 0 Å². The second-order valence-corrected chi connectivity index (χ2v) is 7.48. The van der Waals surface area contributed by atoms with E-state index in [1.54, 1.807) is 31.2 Å². The Labute approximate surface area is 160 Å². The van der Waals surface area contributed by atoms with Gasteiger partial charge >= 0.3 is 0 Å². The third-order valence-corrected chi connectivity index (χ3v) is 5.26. The van der Waals surface area contributed by atoms with Crippen molar-refractivity contribution in [3.63, 3.8) is 0 Å². The van der Waals surface area contributed by atoms with Crippen molar-refractivity contribution in [2.24, 2.45) is 0 Å². The van der Waals surface area contributed by atoms with Gasteiger partial charge in [0.1, 0.15) is 5.75 Å². The van der Waals surface area contributed by atoms with Gasteiger partial charge in [-0.05, 0) is 50.8 Å². The Bertz CT molecular complexity index is 794. The predicted molar refractivity (Wildman–Crippen MR) is 106 cm³/mol. The molecule has 142 valence electrons. The van der Waals surface area contributed by atoms with Crippen molar-refractivity contribution in [3.8, 4) is 5.75 Å². The number of ether oxygens (including phenoxy) is 1. The molecule has 1 aliphatic carbocycles. The summed E-state index contributed by atoms with van der Waals surface area (Å²) >= 11 is 0. The van der Waals surface area contributed by atoms with Crippen molar-refractivity contribution in [2.45, 2.75) is 57.6 Å². The summed E-state index contributed by atoms with van der Waals surface area (Å²) in [4.78, 5) is 24.3. The van der Waals surface area contributed by atoms with Gasteiger partial charge in [-0.25, -0.2) is 0 Å². The van der Waals surface area contributed by atoms with Crippen LogP contribution in [0.2, 0.25) is 0 Å². The van der Waals surface area contributed by atoms with E-state index < -0.39 is 6.10 Å². The monoisotopic (exact) mass is 365 g/mol. The fourth-order valence-electron chi connectivity index (χ4n) is 3.79. The molecular formula is C23H27NO3. The van der Waals surface area contributed by atoms with E-state index in [4.69, 9.17) is 4.74 Å². The molecule has 0 bridgehead atoms. The van der Waals surface area contributed by atoms with Crippen molar-refractivity contribution < 1.29 is 14.3 Å². The Morgan fingerprint density at radius 2 is 1.78 bits per heavy atom. The maximum Gasteiger partial charge on any atom is 0.261 e. The highest BCUT2D eigenvalue weighted by molar-refractivity contribution is 5.94. The molecule has 27 heavy (non-hydrogen) atoms. The lowest BCUT2D eigenvalue weighted by atomic mass is 9.89. The van der Waals surface area contributed by atoms with Gasteiger partial charge in [0.25, 0.3) is 5.91 Å². The minimum Gasteiger partial charge on any atom is -0.481 e. The Balaban J connectivity index is 1.67.